The van der Waals surface area contributed by atoms with Crippen molar-refractivity contribution in [2.45, 2.75) is 44.6 Å². The van der Waals surface area contributed by atoms with Gasteiger partial charge in [0.25, 0.3) is 0 Å². The molecule has 1 aromatic carbocycles. The fourth-order valence-electron chi connectivity index (χ4n) is 2.52. The molecule has 25 heavy (non-hydrogen) atoms. The highest BCUT2D eigenvalue weighted by Gasteiger charge is 2.13. The molecule has 5 nitrogen and oxygen atoms in total. The van der Waals surface area contributed by atoms with Crippen LogP contribution in [0.5, 0.6) is 11.6 Å². The molecule has 0 aliphatic rings. The molecule has 0 aliphatic carbocycles. The topological polar surface area (TPSA) is 79.7 Å². The Labute approximate surface area is 152 Å². The molecule has 2 N–H and O–H groups in total. The largest absolute Gasteiger partial charge is 0.439 e. The van der Waals surface area contributed by atoms with Gasteiger partial charge in [0.15, 0.2) is 5.78 Å². The highest BCUT2D eigenvalue weighted by Crippen LogP contribution is 2.27. The van der Waals surface area contributed by atoms with Gasteiger partial charge in [-0.25, -0.2) is 4.98 Å². The minimum Gasteiger partial charge on any atom is -0.439 e. The van der Waals surface area contributed by atoms with Crippen LogP contribution in [0.2, 0.25) is 0 Å². The zero-order chi connectivity index (χ0) is 18.2. The van der Waals surface area contributed by atoms with Crippen LogP contribution in [0.1, 0.15) is 49.0 Å². The number of hydrogen-bond acceptors (Lipinski definition) is 6. The van der Waals surface area contributed by atoms with E-state index >= 15 is 0 Å². The van der Waals surface area contributed by atoms with Crippen molar-refractivity contribution in [1.29, 1.82) is 0 Å². The summed E-state index contributed by atoms with van der Waals surface area (Å²) in [5.41, 5.74) is 1.16. The van der Waals surface area contributed by atoms with Gasteiger partial charge in [0.05, 0.1) is 6.61 Å². The van der Waals surface area contributed by atoms with Gasteiger partial charge >= 0.3 is 0 Å². The molecule has 0 amide bonds. The maximum atomic E-state index is 12.3. The van der Waals surface area contributed by atoms with E-state index in [2.05, 4.69) is 18.8 Å². The average Bonchev–Trinajstić information content (AvgIpc) is 2.66. The molecular formula is C19H23NO4S. The Morgan fingerprint density at radius 3 is 2.56 bits per heavy atom. The van der Waals surface area contributed by atoms with Crippen molar-refractivity contribution in [3.63, 3.8) is 0 Å². The van der Waals surface area contributed by atoms with Gasteiger partial charge in [-0.2, -0.15) is 0 Å². The van der Waals surface area contributed by atoms with Gasteiger partial charge in [-0.05, 0) is 35.7 Å². The Balaban J connectivity index is 2.06. The Morgan fingerprint density at radius 2 is 2.00 bits per heavy atom. The molecule has 2 rings (SSSR count). The second kappa shape index (κ2) is 9.56. The van der Waals surface area contributed by atoms with Crippen LogP contribution in [0.25, 0.3) is 0 Å². The standard InChI is InChI=1S/C19H23NO4S/c1-3-13(4-2)9-17(22)14-5-8-19(20-11-14)24-16-6-7-18(25-23)15(10-16)12-21/h5-8,10-11,13,21,23H,3-4,9,12H2,1-2H3. The molecule has 6 heteroatoms. The minimum absolute atomic E-state index is 0.0969. The number of rotatable bonds is 9. The third-order valence-corrected chi connectivity index (χ3v) is 4.81. The van der Waals surface area contributed by atoms with Crippen LogP contribution in [-0.4, -0.2) is 20.4 Å². The second-order valence-electron chi connectivity index (χ2n) is 5.82. The van der Waals surface area contributed by atoms with Crippen molar-refractivity contribution in [3.05, 3.63) is 47.7 Å². The minimum atomic E-state index is -0.197. The van der Waals surface area contributed by atoms with E-state index in [0.717, 1.165) is 12.8 Å². The van der Waals surface area contributed by atoms with E-state index in [0.29, 0.717) is 52.0 Å². The first kappa shape index (κ1) is 19.4. The summed E-state index contributed by atoms with van der Waals surface area (Å²) in [4.78, 5) is 17.0. The second-order valence-corrected chi connectivity index (χ2v) is 6.44. The van der Waals surface area contributed by atoms with E-state index in [1.807, 2.05) is 0 Å². The predicted molar refractivity (Wildman–Crippen MR) is 98.2 cm³/mol. The summed E-state index contributed by atoms with van der Waals surface area (Å²) in [6, 6.07) is 8.38. The van der Waals surface area contributed by atoms with Gasteiger partial charge in [0.1, 0.15) is 5.75 Å². The van der Waals surface area contributed by atoms with Crippen molar-refractivity contribution >= 4 is 17.8 Å². The lowest BCUT2D eigenvalue weighted by Gasteiger charge is -2.11. The molecular weight excluding hydrogens is 338 g/mol. The Kier molecular flexibility index (Phi) is 7.43. The Hall–Kier alpha value is -1.89. The van der Waals surface area contributed by atoms with Crippen LogP contribution >= 0.6 is 12.0 Å². The molecule has 2 aromatic rings. The smallest absolute Gasteiger partial charge is 0.219 e. The van der Waals surface area contributed by atoms with Crippen LogP contribution in [0.15, 0.2) is 41.4 Å². The SMILES string of the molecule is CCC(CC)CC(=O)c1ccc(Oc2ccc(SO)c(CO)c2)nc1. The van der Waals surface area contributed by atoms with Crippen molar-refractivity contribution in [3.8, 4) is 11.6 Å². The molecule has 0 atom stereocenters. The van der Waals surface area contributed by atoms with Gasteiger partial charge in [-0.3, -0.25) is 4.79 Å². The zero-order valence-electron chi connectivity index (χ0n) is 14.4. The number of carbonyl (C=O) groups is 1. The number of carbonyl (C=O) groups excluding carboxylic acids is 1. The van der Waals surface area contributed by atoms with Gasteiger partial charge in [-0.1, -0.05) is 26.7 Å². The Morgan fingerprint density at radius 1 is 1.24 bits per heavy atom. The van der Waals surface area contributed by atoms with Gasteiger partial charge < -0.3 is 14.4 Å². The first-order valence-corrected chi connectivity index (χ1v) is 9.10. The number of Topliss-reactive ketones (excluding diaryl/α,β-unsaturated/α-hetero) is 1. The van der Waals surface area contributed by atoms with Gasteiger partial charge in [-0.15, -0.1) is 0 Å². The number of benzene rings is 1. The zero-order valence-corrected chi connectivity index (χ0v) is 15.3. The summed E-state index contributed by atoms with van der Waals surface area (Å²) >= 11 is 0.580. The van der Waals surface area contributed by atoms with E-state index in [-0.39, 0.29) is 12.4 Å². The number of aliphatic hydroxyl groups excluding tert-OH is 1. The summed E-state index contributed by atoms with van der Waals surface area (Å²) in [6.45, 7) is 3.99. The first-order chi connectivity index (χ1) is 12.1. The average molecular weight is 361 g/mol. The van der Waals surface area contributed by atoms with Gasteiger partial charge in [0, 0.05) is 41.2 Å². The van der Waals surface area contributed by atoms with E-state index in [1.54, 1.807) is 30.3 Å². The number of ketones is 1. The number of hydrogen-bond donors (Lipinski definition) is 2. The van der Waals surface area contributed by atoms with Crippen molar-refractivity contribution in [2.75, 3.05) is 0 Å². The van der Waals surface area contributed by atoms with E-state index in [9.17, 15) is 9.90 Å². The molecule has 0 aliphatic heterocycles. The summed E-state index contributed by atoms with van der Waals surface area (Å²) < 4.78 is 14.8. The number of ether oxygens (including phenoxy) is 1. The maximum Gasteiger partial charge on any atom is 0.219 e. The molecule has 0 saturated heterocycles. The van der Waals surface area contributed by atoms with Crippen LogP contribution in [0.3, 0.4) is 0 Å². The molecule has 134 valence electrons. The van der Waals surface area contributed by atoms with E-state index in [1.165, 1.54) is 6.20 Å². The lowest BCUT2D eigenvalue weighted by atomic mass is 9.94. The first-order valence-electron chi connectivity index (χ1n) is 8.33. The third kappa shape index (κ3) is 5.29. The fraction of sp³-hybridized carbons (Fsp3) is 0.368. The Bertz CT molecular complexity index is 699. The molecule has 0 radical (unpaired) electrons. The summed E-state index contributed by atoms with van der Waals surface area (Å²) in [5, 5.41) is 9.32. The van der Waals surface area contributed by atoms with E-state index in [4.69, 9.17) is 9.29 Å². The van der Waals surface area contributed by atoms with Crippen LogP contribution in [0, 0.1) is 5.92 Å². The summed E-state index contributed by atoms with van der Waals surface area (Å²) in [7, 11) is 0. The van der Waals surface area contributed by atoms with Gasteiger partial charge in [0.2, 0.25) is 5.88 Å². The molecule has 1 aromatic heterocycles. The highest BCUT2D eigenvalue weighted by atomic mass is 32.2. The van der Waals surface area contributed by atoms with Crippen molar-refractivity contribution in [2.24, 2.45) is 5.92 Å². The summed E-state index contributed by atoms with van der Waals surface area (Å²) in [5.74, 6) is 1.38. The van der Waals surface area contributed by atoms with E-state index < -0.39 is 0 Å². The number of aromatic nitrogens is 1. The van der Waals surface area contributed by atoms with Crippen molar-refractivity contribution in [1.82, 2.24) is 4.98 Å². The fourth-order valence-corrected chi connectivity index (χ4v) is 2.89. The molecule has 0 bridgehead atoms. The molecule has 0 saturated carbocycles. The molecule has 0 unspecified atom stereocenters. The highest BCUT2D eigenvalue weighted by molar-refractivity contribution is 7.93. The molecule has 1 heterocycles. The molecule has 0 spiro atoms. The quantitative estimate of drug-likeness (QED) is 0.486. The van der Waals surface area contributed by atoms with Crippen LogP contribution < -0.4 is 4.74 Å². The maximum absolute atomic E-state index is 12.3. The number of aliphatic hydroxyl groups is 1. The lowest BCUT2D eigenvalue weighted by Crippen LogP contribution is -2.07. The third-order valence-electron chi connectivity index (χ3n) is 4.21. The number of pyridine rings is 1. The molecule has 0 fully saturated rings. The summed E-state index contributed by atoms with van der Waals surface area (Å²) in [6.07, 6.45) is 4.05. The van der Waals surface area contributed by atoms with Crippen LogP contribution in [0.4, 0.5) is 0 Å². The number of nitrogens with zero attached hydrogens (tertiary/aromatic N) is 1. The monoisotopic (exact) mass is 361 g/mol. The lowest BCUT2D eigenvalue weighted by molar-refractivity contribution is 0.0958. The van der Waals surface area contributed by atoms with Crippen LogP contribution in [-0.2, 0) is 6.61 Å². The predicted octanol–water partition coefficient (Wildman–Crippen LogP) is 4.94. The van der Waals surface area contributed by atoms with Crippen molar-refractivity contribution < 1.29 is 19.2 Å². The normalized spacial score (nSPS) is 10.9.